The zero-order valence-electron chi connectivity index (χ0n) is 8.82. The minimum atomic E-state index is 0.637. The van der Waals surface area contributed by atoms with E-state index in [1.165, 1.54) is 27.0 Å². The van der Waals surface area contributed by atoms with Gasteiger partial charge in [-0.1, -0.05) is 25.1 Å². The Hall–Kier alpha value is -0.510. The van der Waals surface area contributed by atoms with E-state index in [0.29, 0.717) is 6.54 Å². The predicted octanol–water partition coefficient (Wildman–Crippen LogP) is 3.61. The molecule has 0 aliphatic heterocycles. The van der Waals surface area contributed by atoms with Crippen molar-refractivity contribution < 1.29 is 0 Å². The molecule has 0 amide bonds. The van der Waals surface area contributed by atoms with Crippen molar-refractivity contribution in [1.29, 1.82) is 0 Å². The monoisotopic (exact) mass is 237 g/mol. The summed E-state index contributed by atoms with van der Waals surface area (Å²) < 4.78 is 1.37. The Morgan fingerprint density at radius 1 is 1.33 bits per heavy atom. The lowest BCUT2D eigenvalue weighted by molar-refractivity contribution is 1.09. The lowest BCUT2D eigenvalue weighted by atomic mass is 10.1. The first kappa shape index (κ1) is 11.0. The molecule has 15 heavy (non-hydrogen) atoms. The topological polar surface area (TPSA) is 26.0 Å². The van der Waals surface area contributed by atoms with Gasteiger partial charge in [0.05, 0.1) is 0 Å². The van der Waals surface area contributed by atoms with Crippen molar-refractivity contribution in [2.24, 2.45) is 5.73 Å². The molecule has 2 rings (SSSR count). The molecule has 3 heteroatoms. The lowest BCUT2D eigenvalue weighted by Gasteiger charge is -2.00. The first-order valence-corrected chi connectivity index (χ1v) is 7.16. The third kappa shape index (κ3) is 2.19. The quantitative estimate of drug-likeness (QED) is 0.879. The van der Waals surface area contributed by atoms with Crippen LogP contribution in [0.4, 0.5) is 0 Å². The van der Waals surface area contributed by atoms with E-state index >= 15 is 0 Å². The molecule has 0 bridgehead atoms. The second-order valence-corrected chi connectivity index (χ2v) is 5.55. The van der Waals surface area contributed by atoms with Crippen molar-refractivity contribution in [2.45, 2.75) is 19.2 Å². The van der Waals surface area contributed by atoms with Gasteiger partial charge in [0.15, 0.2) is 0 Å². The molecule has 1 aromatic heterocycles. The van der Waals surface area contributed by atoms with Crippen LogP contribution in [0.15, 0.2) is 23.6 Å². The molecule has 0 unspecified atom stereocenters. The van der Waals surface area contributed by atoms with Crippen molar-refractivity contribution in [3.8, 4) is 0 Å². The van der Waals surface area contributed by atoms with Crippen LogP contribution in [0.1, 0.15) is 18.1 Å². The number of hydrogen-bond donors (Lipinski definition) is 1. The average molecular weight is 237 g/mol. The van der Waals surface area contributed by atoms with Crippen molar-refractivity contribution >= 4 is 33.2 Å². The van der Waals surface area contributed by atoms with Gasteiger partial charge in [0.25, 0.3) is 0 Å². The van der Waals surface area contributed by atoms with E-state index in [0.717, 1.165) is 5.75 Å². The molecule has 0 radical (unpaired) electrons. The van der Waals surface area contributed by atoms with Crippen molar-refractivity contribution in [1.82, 2.24) is 0 Å². The molecule has 0 saturated carbocycles. The summed E-state index contributed by atoms with van der Waals surface area (Å²) in [5.74, 6) is 2.29. The number of nitrogens with two attached hydrogens (primary N) is 1. The molecule has 80 valence electrons. The summed E-state index contributed by atoms with van der Waals surface area (Å²) in [5, 5.41) is 3.66. The maximum atomic E-state index is 5.73. The van der Waals surface area contributed by atoms with Gasteiger partial charge in [0, 0.05) is 17.0 Å². The molecule has 2 N–H and O–H groups in total. The van der Waals surface area contributed by atoms with Crippen LogP contribution in [0, 0.1) is 0 Å². The summed E-state index contributed by atoms with van der Waals surface area (Å²) >= 11 is 3.79. The van der Waals surface area contributed by atoms with E-state index in [1.54, 1.807) is 0 Å². The normalized spacial score (nSPS) is 11.1. The number of hydrogen-bond acceptors (Lipinski definition) is 3. The Morgan fingerprint density at radius 3 is 2.93 bits per heavy atom. The zero-order valence-corrected chi connectivity index (χ0v) is 10.5. The van der Waals surface area contributed by atoms with Crippen LogP contribution in [0.3, 0.4) is 0 Å². The maximum Gasteiger partial charge on any atom is 0.0390 e. The summed E-state index contributed by atoms with van der Waals surface area (Å²) in [4.78, 5) is 0. The fourth-order valence-electron chi connectivity index (χ4n) is 1.65. The van der Waals surface area contributed by atoms with Gasteiger partial charge in [-0.2, -0.15) is 11.8 Å². The lowest BCUT2D eigenvalue weighted by Crippen LogP contribution is -1.95. The SMILES string of the molecule is CCSCc1csc2c(CN)cccc12. The maximum absolute atomic E-state index is 5.73. The Bertz CT molecular complexity index is 448. The van der Waals surface area contributed by atoms with Crippen LogP contribution in [0.5, 0.6) is 0 Å². The number of thioether (sulfide) groups is 1. The Labute approximate surface area is 98.7 Å². The van der Waals surface area contributed by atoms with Gasteiger partial charge in [-0.25, -0.2) is 0 Å². The number of benzene rings is 1. The van der Waals surface area contributed by atoms with Crippen LogP contribution in [0.2, 0.25) is 0 Å². The largest absolute Gasteiger partial charge is 0.326 e. The van der Waals surface area contributed by atoms with Gasteiger partial charge in [-0.3, -0.25) is 0 Å². The van der Waals surface area contributed by atoms with Crippen molar-refractivity contribution in [3.63, 3.8) is 0 Å². The fraction of sp³-hybridized carbons (Fsp3) is 0.333. The van der Waals surface area contributed by atoms with Gasteiger partial charge in [0.2, 0.25) is 0 Å². The molecule has 1 aromatic carbocycles. The first-order valence-electron chi connectivity index (χ1n) is 5.12. The fourth-order valence-corrected chi connectivity index (χ4v) is 3.52. The minimum Gasteiger partial charge on any atom is -0.326 e. The van der Waals surface area contributed by atoms with E-state index in [4.69, 9.17) is 5.73 Å². The molecule has 0 atom stereocenters. The Morgan fingerprint density at radius 2 is 2.20 bits per heavy atom. The highest BCUT2D eigenvalue weighted by molar-refractivity contribution is 7.98. The molecule has 0 spiro atoms. The molecule has 0 aliphatic carbocycles. The molecule has 1 nitrogen and oxygen atoms in total. The van der Waals surface area contributed by atoms with Crippen LogP contribution >= 0.6 is 23.1 Å². The third-order valence-electron chi connectivity index (χ3n) is 2.44. The summed E-state index contributed by atoms with van der Waals surface area (Å²) in [7, 11) is 0. The number of thiophene rings is 1. The number of fused-ring (bicyclic) bond motifs is 1. The molecular formula is C12H15NS2. The first-order chi connectivity index (χ1) is 7.36. The van der Waals surface area contributed by atoms with Crippen LogP contribution in [-0.4, -0.2) is 5.75 Å². The van der Waals surface area contributed by atoms with Crippen LogP contribution in [-0.2, 0) is 12.3 Å². The molecule has 0 aliphatic rings. The Kier molecular flexibility index (Phi) is 3.67. The third-order valence-corrected chi connectivity index (χ3v) is 4.49. The Balaban J connectivity index is 2.42. The van der Waals surface area contributed by atoms with E-state index in [9.17, 15) is 0 Å². The second kappa shape index (κ2) is 5.01. The summed E-state index contributed by atoms with van der Waals surface area (Å²) in [6.45, 7) is 2.84. The molecule has 0 fully saturated rings. The molecule has 2 aromatic rings. The van der Waals surface area contributed by atoms with Gasteiger partial charge in [-0.05, 0) is 27.6 Å². The van der Waals surface area contributed by atoms with Crippen LogP contribution < -0.4 is 5.73 Å². The highest BCUT2D eigenvalue weighted by Gasteiger charge is 2.06. The number of rotatable bonds is 4. The average Bonchev–Trinajstić information content (AvgIpc) is 2.69. The molecular weight excluding hydrogens is 222 g/mol. The smallest absolute Gasteiger partial charge is 0.0390 e. The van der Waals surface area contributed by atoms with Gasteiger partial charge >= 0.3 is 0 Å². The van der Waals surface area contributed by atoms with E-state index in [-0.39, 0.29) is 0 Å². The van der Waals surface area contributed by atoms with Gasteiger partial charge in [0.1, 0.15) is 0 Å². The highest BCUT2D eigenvalue weighted by Crippen LogP contribution is 2.31. The second-order valence-electron chi connectivity index (χ2n) is 3.40. The predicted molar refractivity (Wildman–Crippen MR) is 71.6 cm³/mol. The van der Waals surface area contributed by atoms with Gasteiger partial charge in [-0.15, -0.1) is 11.3 Å². The zero-order chi connectivity index (χ0) is 10.7. The molecule has 0 saturated heterocycles. The summed E-state index contributed by atoms with van der Waals surface area (Å²) in [6.07, 6.45) is 0. The summed E-state index contributed by atoms with van der Waals surface area (Å²) in [6, 6.07) is 6.43. The van der Waals surface area contributed by atoms with Crippen LogP contribution in [0.25, 0.3) is 10.1 Å². The van der Waals surface area contributed by atoms with E-state index in [2.05, 4.69) is 30.5 Å². The van der Waals surface area contributed by atoms with Crippen molar-refractivity contribution in [2.75, 3.05) is 5.75 Å². The van der Waals surface area contributed by atoms with E-state index in [1.807, 2.05) is 23.1 Å². The minimum absolute atomic E-state index is 0.637. The standard InChI is InChI=1S/C12H15NS2/c1-2-14-7-10-8-15-12-9(6-13)4-3-5-11(10)12/h3-5,8H,2,6-7,13H2,1H3. The van der Waals surface area contributed by atoms with Gasteiger partial charge < -0.3 is 5.73 Å². The van der Waals surface area contributed by atoms with Crippen molar-refractivity contribution in [3.05, 3.63) is 34.7 Å². The summed E-state index contributed by atoms with van der Waals surface area (Å²) in [5.41, 5.74) is 8.45. The van der Waals surface area contributed by atoms with E-state index < -0.39 is 0 Å². The highest BCUT2D eigenvalue weighted by atomic mass is 32.2. The molecule has 1 heterocycles.